The van der Waals surface area contributed by atoms with E-state index in [0.717, 1.165) is 38.7 Å². The van der Waals surface area contributed by atoms with Gasteiger partial charge in [-0.1, -0.05) is 49.4 Å². The molecule has 3 nitrogen and oxygen atoms in total. The summed E-state index contributed by atoms with van der Waals surface area (Å²) in [6, 6.07) is 32.9. The molecule has 3 aromatic heterocycles. The first-order valence-corrected chi connectivity index (χ1v) is 11.5. The van der Waals surface area contributed by atoms with Crippen molar-refractivity contribution in [2.45, 2.75) is 19.8 Å². The minimum Gasteiger partial charge on any atom is -0.457 e. The molecular weight excluding hydrogens is 609 g/mol. The molecule has 0 spiro atoms. The van der Waals surface area contributed by atoms with Gasteiger partial charge in [0.1, 0.15) is 11.2 Å². The van der Waals surface area contributed by atoms with Crippen LogP contribution in [-0.4, -0.2) is 9.97 Å². The quantitative estimate of drug-likeness (QED) is 0.143. The summed E-state index contributed by atoms with van der Waals surface area (Å²) >= 11 is 0. The molecule has 7 rings (SSSR count). The monoisotopic (exact) mass is 631 g/mol. The van der Waals surface area contributed by atoms with E-state index in [1.54, 1.807) is 6.20 Å². The zero-order chi connectivity index (χ0) is 23.1. The molecule has 0 N–H and O–H groups in total. The number of rotatable bonds is 2. The normalized spacial score (nSPS) is 11.2. The maximum atomic E-state index is 6.01. The first-order valence-electron chi connectivity index (χ1n) is 11.5. The fraction of sp³-hybridized carbons (Fsp3) is 0.0968. The number of pyridine rings is 2. The number of hydrogen-bond acceptors (Lipinski definition) is 3. The molecular formula is C31H22IrN2O-2. The standard InChI is InChI=1S/C20H14NO.C11H8N.Ir/c1-11(2)12-6-7-14-15(10-12)13-4-3-5-16-18(13)19-17(22-16)8-9-21-20(14)19;1-2-6-10(7-3-1)11-8-4-5-9-12-11;/h3-6,8-11H,1-2H3;1-6,8-9H;/q2*-1;. The first-order chi connectivity index (χ1) is 16.7. The number of fused-ring (bicyclic) bond motifs is 3. The summed E-state index contributed by atoms with van der Waals surface area (Å²) in [5.41, 5.74) is 6.13. The van der Waals surface area contributed by atoms with Crippen LogP contribution >= 0.6 is 0 Å². The third-order valence-electron chi connectivity index (χ3n) is 6.22. The van der Waals surface area contributed by atoms with Gasteiger partial charge in [-0.05, 0) is 29.3 Å². The average molecular weight is 631 g/mol. The van der Waals surface area contributed by atoms with Crippen molar-refractivity contribution in [3.63, 3.8) is 0 Å². The van der Waals surface area contributed by atoms with E-state index in [0.29, 0.717) is 5.92 Å². The molecule has 4 heteroatoms. The van der Waals surface area contributed by atoms with E-state index in [4.69, 9.17) is 4.42 Å². The van der Waals surface area contributed by atoms with Crippen molar-refractivity contribution in [2.75, 3.05) is 0 Å². The summed E-state index contributed by atoms with van der Waals surface area (Å²) in [6.45, 7) is 4.42. The van der Waals surface area contributed by atoms with Gasteiger partial charge in [-0.25, -0.2) is 0 Å². The summed E-state index contributed by atoms with van der Waals surface area (Å²) in [4.78, 5) is 8.83. The summed E-state index contributed by atoms with van der Waals surface area (Å²) in [5, 5.41) is 5.82. The Balaban J connectivity index is 0.000000167. The fourth-order valence-corrected chi connectivity index (χ4v) is 4.51. The van der Waals surface area contributed by atoms with Crippen LogP contribution in [0.15, 0.2) is 95.7 Å². The molecule has 0 unspecified atom stereocenters. The number of furan rings is 1. The minimum atomic E-state index is 0. The van der Waals surface area contributed by atoms with Crippen molar-refractivity contribution < 1.29 is 24.5 Å². The molecule has 0 aliphatic heterocycles. The van der Waals surface area contributed by atoms with Crippen molar-refractivity contribution in [3.05, 3.63) is 109 Å². The van der Waals surface area contributed by atoms with Gasteiger partial charge in [-0.2, -0.15) is 0 Å². The Hall–Kier alpha value is -3.59. The van der Waals surface area contributed by atoms with Crippen LogP contribution in [0, 0.1) is 12.1 Å². The Morgan fingerprint density at radius 2 is 1.63 bits per heavy atom. The number of benzene rings is 4. The Morgan fingerprint density at radius 1 is 0.771 bits per heavy atom. The Morgan fingerprint density at radius 3 is 2.40 bits per heavy atom. The molecule has 0 atom stereocenters. The zero-order valence-corrected chi connectivity index (χ0v) is 21.8. The van der Waals surface area contributed by atoms with E-state index in [2.05, 4.69) is 60.2 Å². The Labute approximate surface area is 217 Å². The first kappa shape index (κ1) is 23.2. The van der Waals surface area contributed by atoms with Crippen molar-refractivity contribution in [1.82, 2.24) is 9.97 Å². The predicted molar refractivity (Wildman–Crippen MR) is 139 cm³/mol. The van der Waals surface area contributed by atoms with Crippen LogP contribution in [0.1, 0.15) is 25.3 Å². The zero-order valence-electron chi connectivity index (χ0n) is 19.4. The Kier molecular flexibility index (Phi) is 6.34. The molecule has 0 saturated heterocycles. The van der Waals surface area contributed by atoms with E-state index >= 15 is 0 Å². The molecule has 0 amide bonds. The Bertz CT molecular complexity index is 1690. The second kappa shape index (κ2) is 9.58. The van der Waals surface area contributed by atoms with Crippen molar-refractivity contribution in [3.8, 4) is 11.3 Å². The van der Waals surface area contributed by atoms with Gasteiger partial charge in [-0.15, -0.1) is 65.0 Å². The van der Waals surface area contributed by atoms with Gasteiger partial charge in [0.25, 0.3) is 0 Å². The average Bonchev–Trinajstić information content (AvgIpc) is 3.29. The van der Waals surface area contributed by atoms with Gasteiger partial charge in [0.2, 0.25) is 0 Å². The molecule has 3 heterocycles. The number of nitrogens with zero attached hydrogens (tertiary/aromatic N) is 2. The van der Waals surface area contributed by atoms with Gasteiger partial charge in [0, 0.05) is 48.8 Å². The van der Waals surface area contributed by atoms with Crippen molar-refractivity contribution >= 4 is 43.6 Å². The minimum absolute atomic E-state index is 0. The smallest absolute Gasteiger partial charge is 0.134 e. The molecule has 4 aromatic carbocycles. The molecule has 0 aliphatic carbocycles. The number of aromatic nitrogens is 2. The predicted octanol–water partition coefficient (Wildman–Crippen LogP) is 8.20. The maximum absolute atomic E-state index is 6.01. The van der Waals surface area contributed by atoms with Gasteiger partial charge in [0.15, 0.2) is 0 Å². The van der Waals surface area contributed by atoms with Gasteiger partial charge >= 0.3 is 0 Å². The van der Waals surface area contributed by atoms with E-state index < -0.39 is 0 Å². The molecule has 173 valence electrons. The second-order valence-electron chi connectivity index (χ2n) is 8.68. The second-order valence-corrected chi connectivity index (χ2v) is 8.68. The van der Waals surface area contributed by atoms with E-state index in [1.807, 2.05) is 60.8 Å². The van der Waals surface area contributed by atoms with E-state index in [1.165, 1.54) is 21.7 Å². The van der Waals surface area contributed by atoms with Crippen molar-refractivity contribution in [2.24, 2.45) is 0 Å². The molecule has 0 fully saturated rings. The molecule has 0 aliphatic rings. The molecule has 0 bridgehead atoms. The van der Waals surface area contributed by atoms with Crippen LogP contribution in [0.4, 0.5) is 0 Å². The third-order valence-corrected chi connectivity index (χ3v) is 6.22. The van der Waals surface area contributed by atoms with Crippen LogP contribution in [0.25, 0.3) is 54.9 Å². The topological polar surface area (TPSA) is 38.9 Å². The van der Waals surface area contributed by atoms with Crippen LogP contribution < -0.4 is 0 Å². The molecule has 35 heavy (non-hydrogen) atoms. The fourth-order valence-electron chi connectivity index (χ4n) is 4.51. The van der Waals surface area contributed by atoms with Crippen LogP contribution in [0.2, 0.25) is 0 Å². The van der Waals surface area contributed by atoms with Crippen LogP contribution in [0.5, 0.6) is 0 Å². The molecule has 1 radical (unpaired) electrons. The molecule has 0 saturated carbocycles. The van der Waals surface area contributed by atoms with Crippen molar-refractivity contribution in [1.29, 1.82) is 0 Å². The summed E-state index contributed by atoms with van der Waals surface area (Å²) < 4.78 is 6.01. The third kappa shape index (κ3) is 4.10. The van der Waals surface area contributed by atoms with E-state index in [9.17, 15) is 0 Å². The number of hydrogen-bond donors (Lipinski definition) is 0. The van der Waals surface area contributed by atoms with Gasteiger partial charge in [0.05, 0.1) is 0 Å². The van der Waals surface area contributed by atoms with Crippen LogP contribution in [0.3, 0.4) is 0 Å². The van der Waals surface area contributed by atoms with Gasteiger partial charge in [-0.3, -0.25) is 0 Å². The summed E-state index contributed by atoms with van der Waals surface area (Å²) in [5.74, 6) is 0.482. The van der Waals surface area contributed by atoms with Gasteiger partial charge < -0.3 is 14.4 Å². The van der Waals surface area contributed by atoms with Crippen LogP contribution in [-0.2, 0) is 20.1 Å². The SMILES string of the molecule is CC(C)c1c[c-]c2c(c1)c1cccc3oc4ccnc2c4c31.[Ir].[c-]1ccccc1-c1ccccn1. The maximum Gasteiger partial charge on any atom is 0.134 e. The summed E-state index contributed by atoms with van der Waals surface area (Å²) in [7, 11) is 0. The molecule has 7 aromatic rings. The van der Waals surface area contributed by atoms with E-state index in [-0.39, 0.29) is 20.1 Å². The summed E-state index contributed by atoms with van der Waals surface area (Å²) in [6.07, 6.45) is 3.61. The largest absolute Gasteiger partial charge is 0.457 e.